The summed E-state index contributed by atoms with van der Waals surface area (Å²) in [4.78, 5) is 0. The molecular formula is C14H18BrIO. The van der Waals surface area contributed by atoms with Crippen LogP contribution in [-0.2, 0) is 0 Å². The van der Waals surface area contributed by atoms with Crippen molar-refractivity contribution in [1.82, 2.24) is 0 Å². The van der Waals surface area contributed by atoms with E-state index >= 15 is 0 Å². The topological polar surface area (TPSA) is 20.2 Å². The predicted molar refractivity (Wildman–Crippen MR) is 82.9 cm³/mol. The fourth-order valence-electron chi connectivity index (χ4n) is 2.76. The van der Waals surface area contributed by atoms with Crippen LogP contribution in [0.15, 0.2) is 22.7 Å². The van der Waals surface area contributed by atoms with E-state index in [9.17, 15) is 5.11 Å². The van der Waals surface area contributed by atoms with Gasteiger partial charge in [-0.05, 0) is 71.0 Å². The van der Waals surface area contributed by atoms with Gasteiger partial charge < -0.3 is 5.11 Å². The Morgan fingerprint density at radius 1 is 1.41 bits per heavy atom. The lowest BCUT2D eigenvalue weighted by molar-refractivity contribution is 0.0707. The van der Waals surface area contributed by atoms with Crippen LogP contribution in [-0.4, -0.2) is 5.11 Å². The van der Waals surface area contributed by atoms with Crippen molar-refractivity contribution in [3.05, 3.63) is 31.8 Å². The van der Waals surface area contributed by atoms with Gasteiger partial charge in [0, 0.05) is 8.04 Å². The van der Waals surface area contributed by atoms with Crippen LogP contribution in [0, 0.1) is 15.4 Å². The molecule has 0 aromatic heterocycles. The maximum Gasteiger partial charge on any atom is 0.0828 e. The quantitative estimate of drug-likeness (QED) is 0.689. The second-order valence-corrected chi connectivity index (χ2v) is 7.22. The molecule has 1 aromatic carbocycles. The largest absolute Gasteiger partial charge is 0.388 e. The molecule has 0 aliphatic heterocycles. The van der Waals surface area contributed by atoms with Crippen molar-refractivity contribution in [2.75, 3.05) is 0 Å². The van der Waals surface area contributed by atoms with E-state index in [-0.39, 0.29) is 6.10 Å². The Morgan fingerprint density at radius 2 is 2.18 bits per heavy atom. The first-order chi connectivity index (χ1) is 8.08. The second kappa shape index (κ2) is 6.02. The van der Waals surface area contributed by atoms with E-state index in [4.69, 9.17) is 0 Å². The molecule has 94 valence electrons. The molecule has 0 heterocycles. The van der Waals surface area contributed by atoms with Crippen molar-refractivity contribution in [3.8, 4) is 0 Å². The standard InChI is InChI=1S/C14H18BrIO/c1-9-3-2-4-10(7-9)14(17)12-8-11(15)5-6-13(12)16/h5-6,8-10,14,17H,2-4,7H2,1H3. The Morgan fingerprint density at radius 3 is 2.88 bits per heavy atom. The van der Waals surface area contributed by atoms with Crippen molar-refractivity contribution in [3.63, 3.8) is 0 Å². The molecule has 1 aliphatic carbocycles. The highest BCUT2D eigenvalue weighted by Crippen LogP contribution is 2.38. The number of halogens is 2. The van der Waals surface area contributed by atoms with E-state index in [0.717, 1.165) is 32.4 Å². The molecule has 1 N–H and O–H groups in total. The molecule has 1 aromatic rings. The van der Waals surface area contributed by atoms with Crippen LogP contribution in [0.4, 0.5) is 0 Å². The molecule has 0 saturated heterocycles. The van der Waals surface area contributed by atoms with Gasteiger partial charge in [0.25, 0.3) is 0 Å². The molecule has 0 amide bonds. The number of aliphatic hydroxyl groups excluding tert-OH is 1. The maximum absolute atomic E-state index is 10.5. The molecule has 0 radical (unpaired) electrons. The lowest BCUT2D eigenvalue weighted by atomic mass is 9.78. The number of hydrogen-bond donors (Lipinski definition) is 1. The van der Waals surface area contributed by atoms with Crippen molar-refractivity contribution in [1.29, 1.82) is 0 Å². The molecule has 2 rings (SSSR count). The molecule has 3 heteroatoms. The first-order valence-electron chi connectivity index (χ1n) is 6.21. The fraction of sp³-hybridized carbons (Fsp3) is 0.571. The van der Waals surface area contributed by atoms with Gasteiger partial charge in [-0.3, -0.25) is 0 Å². The normalized spacial score (nSPS) is 26.8. The maximum atomic E-state index is 10.5. The third kappa shape index (κ3) is 3.44. The van der Waals surface area contributed by atoms with Crippen LogP contribution >= 0.6 is 38.5 Å². The lowest BCUT2D eigenvalue weighted by Gasteiger charge is -2.31. The van der Waals surface area contributed by atoms with Gasteiger partial charge in [-0.15, -0.1) is 0 Å². The Hall–Kier alpha value is 0.390. The molecule has 3 atom stereocenters. The van der Waals surface area contributed by atoms with Gasteiger partial charge in [0.1, 0.15) is 0 Å². The van der Waals surface area contributed by atoms with Gasteiger partial charge in [0.2, 0.25) is 0 Å². The summed E-state index contributed by atoms with van der Waals surface area (Å²) in [6.07, 6.45) is 4.59. The second-order valence-electron chi connectivity index (χ2n) is 5.14. The van der Waals surface area contributed by atoms with Crippen LogP contribution in [0.25, 0.3) is 0 Å². The minimum Gasteiger partial charge on any atom is -0.388 e. The molecule has 3 unspecified atom stereocenters. The summed E-state index contributed by atoms with van der Waals surface area (Å²) in [5.41, 5.74) is 1.08. The van der Waals surface area contributed by atoms with Crippen LogP contribution < -0.4 is 0 Å². The van der Waals surface area contributed by atoms with Crippen LogP contribution in [0.1, 0.15) is 44.3 Å². The van der Waals surface area contributed by atoms with E-state index in [1.807, 2.05) is 6.07 Å². The molecular weight excluding hydrogens is 391 g/mol. The Balaban J connectivity index is 2.18. The smallest absolute Gasteiger partial charge is 0.0828 e. The average Bonchev–Trinajstić information content (AvgIpc) is 2.31. The van der Waals surface area contributed by atoms with Crippen molar-refractivity contribution >= 4 is 38.5 Å². The summed E-state index contributed by atoms with van der Waals surface area (Å²) >= 11 is 5.80. The molecule has 1 aliphatic rings. The number of hydrogen-bond acceptors (Lipinski definition) is 1. The minimum atomic E-state index is -0.304. The first kappa shape index (κ1) is 13.8. The summed E-state index contributed by atoms with van der Waals surface area (Å²) in [5.74, 6) is 1.19. The summed E-state index contributed by atoms with van der Waals surface area (Å²) in [5, 5.41) is 10.5. The van der Waals surface area contributed by atoms with Crippen LogP contribution in [0.3, 0.4) is 0 Å². The Kier molecular flexibility index (Phi) is 4.89. The number of aliphatic hydroxyl groups is 1. The van der Waals surface area contributed by atoms with E-state index in [2.05, 4.69) is 57.6 Å². The molecule has 1 fully saturated rings. The van der Waals surface area contributed by atoms with Crippen molar-refractivity contribution in [2.24, 2.45) is 11.8 Å². The Bertz CT molecular complexity index is 394. The third-order valence-electron chi connectivity index (χ3n) is 3.70. The summed E-state index contributed by atoms with van der Waals surface area (Å²) in [6, 6.07) is 6.16. The highest BCUT2D eigenvalue weighted by Gasteiger charge is 2.27. The van der Waals surface area contributed by atoms with Gasteiger partial charge in [-0.1, -0.05) is 35.7 Å². The summed E-state index contributed by atoms with van der Waals surface area (Å²) < 4.78 is 2.22. The summed E-state index contributed by atoms with van der Waals surface area (Å²) in [7, 11) is 0. The molecule has 1 saturated carbocycles. The van der Waals surface area contributed by atoms with Gasteiger partial charge in [0.15, 0.2) is 0 Å². The number of benzene rings is 1. The van der Waals surface area contributed by atoms with Crippen molar-refractivity contribution < 1.29 is 5.11 Å². The first-order valence-corrected chi connectivity index (χ1v) is 8.08. The molecule has 0 bridgehead atoms. The van der Waals surface area contributed by atoms with E-state index in [0.29, 0.717) is 5.92 Å². The van der Waals surface area contributed by atoms with Gasteiger partial charge in [0.05, 0.1) is 6.10 Å². The molecule has 1 nitrogen and oxygen atoms in total. The van der Waals surface area contributed by atoms with Crippen LogP contribution in [0.2, 0.25) is 0 Å². The zero-order chi connectivity index (χ0) is 12.4. The highest BCUT2D eigenvalue weighted by atomic mass is 127. The van der Waals surface area contributed by atoms with Gasteiger partial charge in [-0.25, -0.2) is 0 Å². The van der Waals surface area contributed by atoms with Crippen molar-refractivity contribution in [2.45, 2.75) is 38.7 Å². The van der Waals surface area contributed by atoms with E-state index in [1.54, 1.807) is 0 Å². The molecule has 0 spiro atoms. The predicted octanol–water partition coefficient (Wildman–Crippen LogP) is 4.91. The fourth-order valence-corrected chi connectivity index (χ4v) is 3.80. The van der Waals surface area contributed by atoms with Crippen LogP contribution in [0.5, 0.6) is 0 Å². The van der Waals surface area contributed by atoms with Gasteiger partial charge >= 0.3 is 0 Å². The third-order valence-corrected chi connectivity index (χ3v) is 5.18. The van der Waals surface area contributed by atoms with E-state index < -0.39 is 0 Å². The average molecular weight is 409 g/mol. The number of rotatable bonds is 2. The monoisotopic (exact) mass is 408 g/mol. The zero-order valence-corrected chi connectivity index (χ0v) is 13.7. The zero-order valence-electron chi connectivity index (χ0n) is 10.00. The lowest BCUT2D eigenvalue weighted by Crippen LogP contribution is -2.20. The van der Waals surface area contributed by atoms with Gasteiger partial charge in [-0.2, -0.15) is 0 Å². The minimum absolute atomic E-state index is 0.304. The Labute approximate surface area is 125 Å². The SMILES string of the molecule is CC1CCCC(C(O)c2cc(Br)ccc2I)C1. The summed E-state index contributed by atoms with van der Waals surface area (Å²) in [6.45, 7) is 2.30. The highest BCUT2D eigenvalue weighted by molar-refractivity contribution is 14.1. The van der Waals surface area contributed by atoms with E-state index in [1.165, 1.54) is 12.8 Å². The molecule has 17 heavy (non-hydrogen) atoms.